The predicted octanol–water partition coefficient (Wildman–Crippen LogP) is 3.82. The fourth-order valence-electron chi connectivity index (χ4n) is 2.08. The number of nitrogens with two attached hydrogens (primary N) is 1. The van der Waals surface area contributed by atoms with E-state index in [4.69, 9.17) is 5.73 Å². The zero-order valence-electron chi connectivity index (χ0n) is 10.2. The van der Waals surface area contributed by atoms with Crippen molar-refractivity contribution in [3.63, 3.8) is 0 Å². The largest absolute Gasteiger partial charge is 0.369 e. The van der Waals surface area contributed by atoms with Crippen molar-refractivity contribution in [2.24, 2.45) is 0 Å². The van der Waals surface area contributed by atoms with Gasteiger partial charge in [-0.2, -0.15) is 0 Å². The molecule has 0 atom stereocenters. The van der Waals surface area contributed by atoms with Gasteiger partial charge in [-0.05, 0) is 42.8 Å². The van der Waals surface area contributed by atoms with Gasteiger partial charge in [0.05, 0.1) is 11.0 Å². The molecule has 0 saturated carbocycles. The topological polar surface area (TPSA) is 43.8 Å². The number of aromatic nitrogens is 2. The Morgan fingerprint density at radius 1 is 1.21 bits per heavy atom. The van der Waals surface area contributed by atoms with Crippen LogP contribution in [-0.2, 0) is 0 Å². The maximum atomic E-state index is 13.5. The first kappa shape index (κ1) is 12.2. The molecule has 0 bridgehead atoms. The second kappa shape index (κ2) is 4.35. The van der Waals surface area contributed by atoms with Crippen LogP contribution in [0.5, 0.6) is 0 Å². The van der Waals surface area contributed by atoms with E-state index in [9.17, 15) is 4.39 Å². The highest BCUT2D eigenvalue weighted by Crippen LogP contribution is 2.26. The van der Waals surface area contributed by atoms with Crippen LogP contribution >= 0.6 is 15.9 Å². The lowest BCUT2D eigenvalue weighted by atomic mass is 10.2. The van der Waals surface area contributed by atoms with Gasteiger partial charge in [-0.1, -0.05) is 15.9 Å². The number of fused-ring (bicyclic) bond motifs is 1. The van der Waals surface area contributed by atoms with E-state index < -0.39 is 0 Å². The van der Waals surface area contributed by atoms with Crippen molar-refractivity contribution >= 4 is 32.9 Å². The Morgan fingerprint density at radius 3 is 2.58 bits per heavy atom. The lowest BCUT2D eigenvalue weighted by Crippen LogP contribution is -2.00. The van der Waals surface area contributed by atoms with E-state index in [1.54, 1.807) is 13.0 Å². The molecule has 3 aromatic rings. The van der Waals surface area contributed by atoms with E-state index in [1.807, 2.05) is 28.8 Å². The quantitative estimate of drug-likeness (QED) is 0.741. The van der Waals surface area contributed by atoms with Gasteiger partial charge < -0.3 is 5.73 Å². The normalized spacial score (nSPS) is 11.1. The summed E-state index contributed by atoms with van der Waals surface area (Å²) in [6.45, 7) is 1.73. The molecule has 0 spiro atoms. The zero-order chi connectivity index (χ0) is 13.6. The van der Waals surface area contributed by atoms with E-state index in [0.717, 1.165) is 15.7 Å². The number of benzene rings is 2. The average molecular weight is 320 g/mol. The maximum Gasteiger partial charge on any atom is 0.205 e. The van der Waals surface area contributed by atoms with E-state index in [1.165, 1.54) is 6.07 Å². The van der Waals surface area contributed by atoms with Crippen molar-refractivity contribution in [2.45, 2.75) is 6.92 Å². The van der Waals surface area contributed by atoms with Crippen LogP contribution in [-0.4, -0.2) is 9.55 Å². The number of imidazole rings is 1. The van der Waals surface area contributed by atoms with Crippen molar-refractivity contribution in [1.82, 2.24) is 9.55 Å². The molecule has 19 heavy (non-hydrogen) atoms. The van der Waals surface area contributed by atoms with Gasteiger partial charge in [-0.25, -0.2) is 9.37 Å². The Labute approximate surface area is 118 Å². The number of nitrogen functional groups attached to an aromatic ring is 1. The molecule has 96 valence electrons. The molecule has 2 aromatic carbocycles. The van der Waals surface area contributed by atoms with Gasteiger partial charge in [0.15, 0.2) is 0 Å². The minimum Gasteiger partial charge on any atom is -0.369 e. The first-order valence-electron chi connectivity index (χ1n) is 5.76. The molecule has 0 radical (unpaired) electrons. The van der Waals surface area contributed by atoms with Crippen molar-refractivity contribution in [3.8, 4) is 5.69 Å². The molecule has 2 N–H and O–H groups in total. The number of nitrogens with zero attached hydrogens (tertiary/aromatic N) is 2. The second-order valence-corrected chi connectivity index (χ2v) is 5.29. The van der Waals surface area contributed by atoms with Crippen LogP contribution in [0.25, 0.3) is 16.7 Å². The number of aryl methyl sites for hydroxylation is 1. The Bertz CT molecular complexity index is 762. The summed E-state index contributed by atoms with van der Waals surface area (Å²) >= 11 is 3.39. The molecule has 1 aromatic heterocycles. The van der Waals surface area contributed by atoms with Crippen LogP contribution < -0.4 is 5.73 Å². The van der Waals surface area contributed by atoms with Gasteiger partial charge >= 0.3 is 0 Å². The van der Waals surface area contributed by atoms with Gasteiger partial charge in [-0.15, -0.1) is 0 Å². The van der Waals surface area contributed by atoms with Gasteiger partial charge in [0.1, 0.15) is 5.82 Å². The summed E-state index contributed by atoms with van der Waals surface area (Å²) in [5.41, 5.74) is 8.78. The Hall–Kier alpha value is -1.88. The van der Waals surface area contributed by atoms with Crippen LogP contribution in [0.1, 0.15) is 5.56 Å². The molecule has 3 nitrogen and oxygen atoms in total. The molecule has 1 heterocycles. The molecule has 5 heteroatoms. The lowest BCUT2D eigenvalue weighted by molar-refractivity contribution is 0.620. The molecular formula is C14H11BrFN3. The number of anilines is 1. The number of hydrogen-bond acceptors (Lipinski definition) is 2. The third-order valence-electron chi connectivity index (χ3n) is 3.05. The fraction of sp³-hybridized carbons (Fsp3) is 0.0714. The van der Waals surface area contributed by atoms with Crippen LogP contribution in [0.15, 0.2) is 40.9 Å². The highest BCUT2D eigenvalue weighted by molar-refractivity contribution is 9.10. The highest BCUT2D eigenvalue weighted by atomic mass is 79.9. The van der Waals surface area contributed by atoms with E-state index in [0.29, 0.717) is 17.0 Å². The third-order valence-corrected chi connectivity index (χ3v) is 3.57. The average Bonchev–Trinajstić information content (AvgIpc) is 2.67. The zero-order valence-corrected chi connectivity index (χ0v) is 11.8. The molecule has 3 rings (SSSR count). The summed E-state index contributed by atoms with van der Waals surface area (Å²) in [6, 6.07) is 10.9. The van der Waals surface area contributed by atoms with Crippen LogP contribution in [0.2, 0.25) is 0 Å². The van der Waals surface area contributed by atoms with Gasteiger partial charge in [0.2, 0.25) is 5.95 Å². The van der Waals surface area contributed by atoms with Crippen LogP contribution in [0.4, 0.5) is 10.3 Å². The lowest BCUT2D eigenvalue weighted by Gasteiger charge is -2.07. The van der Waals surface area contributed by atoms with Crippen molar-refractivity contribution in [3.05, 3.63) is 52.3 Å². The van der Waals surface area contributed by atoms with E-state index >= 15 is 0 Å². The maximum absolute atomic E-state index is 13.5. The molecule has 0 amide bonds. The van der Waals surface area contributed by atoms with Crippen molar-refractivity contribution in [2.75, 3.05) is 5.73 Å². The molecule has 0 saturated heterocycles. The van der Waals surface area contributed by atoms with E-state index in [-0.39, 0.29) is 5.82 Å². The SMILES string of the molecule is Cc1cc2c(cc1F)nc(N)n2-c1ccc(Br)cc1. The third kappa shape index (κ3) is 2.00. The molecule has 0 aliphatic rings. The summed E-state index contributed by atoms with van der Waals surface area (Å²) < 4.78 is 16.3. The Morgan fingerprint density at radius 2 is 1.89 bits per heavy atom. The summed E-state index contributed by atoms with van der Waals surface area (Å²) in [7, 11) is 0. The second-order valence-electron chi connectivity index (χ2n) is 4.37. The summed E-state index contributed by atoms with van der Waals surface area (Å²) in [4.78, 5) is 4.20. The van der Waals surface area contributed by atoms with Crippen molar-refractivity contribution < 1.29 is 4.39 Å². The highest BCUT2D eigenvalue weighted by Gasteiger charge is 2.12. The monoisotopic (exact) mass is 319 g/mol. The summed E-state index contributed by atoms with van der Waals surface area (Å²) in [6.07, 6.45) is 0. The van der Waals surface area contributed by atoms with Gasteiger partial charge in [-0.3, -0.25) is 4.57 Å². The smallest absolute Gasteiger partial charge is 0.205 e. The molecule has 0 aliphatic carbocycles. The molecule has 0 fully saturated rings. The number of halogens is 2. The van der Waals surface area contributed by atoms with Crippen LogP contribution in [0, 0.1) is 12.7 Å². The minimum atomic E-state index is -0.270. The van der Waals surface area contributed by atoms with Crippen LogP contribution in [0.3, 0.4) is 0 Å². The minimum absolute atomic E-state index is 0.270. The first-order chi connectivity index (χ1) is 9.06. The summed E-state index contributed by atoms with van der Waals surface area (Å²) in [5, 5.41) is 0. The van der Waals surface area contributed by atoms with E-state index in [2.05, 4.69) is 20.9 Å². The fourth-order valence-corrected chi connectivity index (χ4v) is 2.35. The standard InChI is InChI=1S/C14H11BrFN3/c1-8-6-13-12(7-11(8)16)18-14(17)19(13)10-4-2-9(15)3-5-10/h2-7H,1H3,(H2,17,18). The first-order valence-corrected chi connectivity index (χ1v) is 6.55. The van der Waals surface area contributed by atoms with Crippen molar-refractivity contribution in [1.29, 1.82) is 0 Å². The number of rotatable bonds is 1. The van der Waals surface area contributed by atoms with Gasteiger partial charge in [0, 0.05) is 16.2 Å². The molecule has 0 unspecified atom stereocenters. The Balaban J connectivity index is 2.31. The molecule has 0 aliphatic heterocycles. The number of hydrogen-bond donors (Lipinski definition) is 1. The predicted molar refractivity (Wildman–Crippen MR) is 77.9 cm³/mol. The Kier molecular flexibility index (Phi) is 2.78. The molecular weight excluding hydrogens is 309 g/mol. The summed E-state index contributed by atoms with van der Waals surface area (Å²) in [5.74, 6) is 0.0790. The van der Waals surface area contributed by atoms with Gasteiger partial charge in [0.25, 0.3) is 0 Å².